The molecule has 0 amide bonds. The van der Waals surface area contributed by atoms with E-state index in [1.54, 1.807) is 6.07 Å². The van der Waals surface area contributed by atoms with E-state index < -0.39 is 5.97 Å². The minimum Gasteiger partial charge on any atom is -0.478 e. The lowest BCUT2D eigenvalue weighted by molar-refractivity contribution is 0.0697. The second-order valence-electron chi connectivity index (χ2n) is 8.72. The zero-order chi connectivity index (χ0) is 20.2. The maximum Gasteiger partial charge on any atom is 0.335 e. The number of aryl methyl sites for hydroxylation is 2. The van der Waals surface area contributed by atoms with Gasteiger partial charge in [0.1, 0.15) is 0 Å². The lowest BCUT2D eigenvalue weighted by atomic mass is 9.82. The van der Waals surface area contributed by atoms with E-state index in [0.717, 1.165) is 36.4 Å². The second-order valence-corrected chi connectivity index (χ2v) is 8.72. The summed E-state index contributed by atoms with van der Waals surface area (Å²) in [5, 5.41) is 10.8. The van der Waals surface area contributed by atoms with E-state index in [9.17, 15) is 9.90 Å². The lowest BCUT2D eigenvalue weighted by Gasteiger charge is -2.23. The van der Waals surface area contributed by atoms with E-state index in [-0.39, 0.29) is 0 Å². The molecule has 1 aliphatic heterocycles. The van der Waals surface area contributed by atoms with Crippen LogP contribution in [-0.2, 0) is 13.1 Å². The Morgan fingerprint density at radius 1 is 0.933 bits per heavy atom. The van der Waals surface area contributed by atoms with Gasteiger partial charge in [0, 0.05) is 24.0 Å². The quantitative estimate of drug-likeness (QED) is 0.463. The molecule has 5 nitrogen and oxygen atoms in total. The van der Waals surface area contributed by atoms with Crippen molar-refractivity contribution in [3.05, 3.63) is 53.6 Å². The monoisotopic (exact) mass is 399 g/mol. The van der Waals surface area contributed by atoms with E-state index in [0.29, 0.717) is 11.5 Å². The molecule has 0 unspecified atom stereocenters. The molecule has 2 aromatic heterocycles. The zero-order valence-electron chi connectivity index (χ0n) is 17.0. The number of benzene rings is 2. The number of aromatic nitrogens is 3. The molecule has 0 spiro atoms. The van der Waals surface area contributed by atoms with Crippen LogP contribution in [0.3, 0.4) is 0 Å². The molecule has 0 bridgehead atoms. The van der Waals surface area contributed by atoms with Crippen LogP contribution in [0.25, 0.3) is 33.5 Å². The van der Waals surface area contributed by atoms with E-state index in [1.807, 2.05) is 18.2 Å². The molecule has 1 N–H and O–H groups in total. The molecule has 6 rings (SSSR count). The Morgan fingerprint density at radius 2 is 1.73 bits per heavy atom. The van der Waals surface area contributed by atoms with Crippen LogP contribution in [-0.4, -0.2) is 25.2 Å². The van der Waals surface area contributed by atoms with Crippen molar-refractivity contribution in [1.82, 2.24) is 14.1 Å². The van der Waals surface area contributed by atoms with Gasteiger partial charge in [-0.2, -0.15) is 0 Å². The predicted octanol–water partition coefficient (Wildman–Crippen LogP) is 5.81. The zero-order valence-corrected chi connectivity index (χ0v) is 17.0. The van der Waals surface area contributed by atoms with Gasteiger partial charge in [0.15, 0.2) is 5.82 Å². The normalized spacial score (nSPS) is 17.1. The number of carboxylic acids is 1. The summed E-state index contributed by atoms with van der Waals surface area (Å²) in [5.41, 5.74) is 6.23. The molecular weight excluding hydrogens is 374 g/mol. The largest absolute Gasteiger partial charge is 0.478 e. The van der Waals surface area contributed by atoms with Gasteiger partial charge in [-0.05, 0) is 55.0 Å². The summed E-state index contributed by atoms with van der Waals surface area (Å²) >= 11 is 0. The van der Waals surface area contributed by atoms with Gasteiger partial charge < -0.3 is 14.2 Å². The Bertz CT molecular complexity index is 1290. The highest BCUT2D eigenvalue weighted by atomic mass is 16.4. The third kappa shape index (κ3) is 2.54. The lowest BCUT2D eigenvalue weighted by Crippen LogP contribution is -2.07. The Labute approximate surface area is 175 Å². The first-order chi connectivity index (χ1) is 14.7. The summed E-state index contributed by atoms with van der Waals surface area (Å²) in [5.74, 6) is 0.689. The third-order valence-corrected chi connectivity index (χ3v) is 6.99. The molecule has 1 saturated carbocycles. The number of hydrogen-bond donors (Lipinski definition) is 1. The van der Waals surface area contributed by atoms with Crippen molar-refractivity contribution >= 4 is 27.9 Å². The van der Waals surface area contributed by atoms with Crippen LogP contribution in [0.1, 0.15) is 60.4 Å². The molecule has 1 aliphatic carbocycles. The van der Waals surface area contributed by atoms with Crippen LogP contribution in [0.2, 0.25) is 0 Å². The van der Waals surface area contributed by atoms with Crippen LogP contribution < -0.4 is 0 Å². The Hall–Kier alpha value is -3.08. The number of para-hydroxylation sites is 2. The van der Waals surface area contributed by atoms with Crippen molar-refractivity contribution in [2.24, 2.45) is 0 Å². The number of nitrogens with zero attached hydrogens (tertiary/aromatic N) is 3. The number of carboxylic acid groups (broad SMARTS) is 1. The molecule has 152 valence electrons. The van der Waals surface area contributed by atoms with Gasteiger partial charge in [-0.1, -0.05) is 37.5 Å². The van der Waals surface area contributed by atoms with E-state index in [2.05, 4.69) is 27.3 Å². The molecule has 0 saturated heterocycles. The second kappa shape index (κ2) is 6.73. The molecule has 5 heteroatoms. The fraction of sp³-hybridized carbons (Fsp3) is 0.360. The first-order valence-electron chi connectivity index (χ1n) is 11.1. The van der Waals surface area contributed by atoms with Gasteiger partial charge in [0.25, 0.3) is 0 Å². The topological polar surface area (TPSA) is 60.0 Å². The van der Waals surface area contributed by atoms with Crippen LogP contribution in [0.4, 0.5) is 0 Å². The first kappa shape index (κ1) is 17.8. The molecule has 0 radical (unpaired) electrons. The SMILES string of the molecule is O=C(O)c1ccc2c(C3CCCCC3)c3n(c2c1)CCCn1c-3nc2ccccc21. The molecule has 2 aromatic carbocycles. The van der Waals surface area contributed by atoms with Gasteiger partial charge in [0.2, 0.25) is 0 Å². The van der Waals surface area contributed by atoms with E-state index >= 15 is 0 Å². The Morgan fingerprint density at radius 3 is 2.57 bits per heavy atom. The van der Waals surface area contributed by atoms with E-state index in [4.69, 9.17) is 4.98 Å². The summed E-state index contributed by atoms with van der Waals surface area (Å²) in [6.45, 7) is 1.82. The van der Waals surface area contributed by atoms with Crippen molar-refractivity contribution in [3.63, 3.8) is 0 Å². The summed E-state index contributed by atoms with van der Waals surface area (Å²) in [6, 6.07) is 14.0. The maximum atomic E-state index is 11.7. The standard InChI is InChI=1S/C25H25N3O2/c29-25(30)17-11-12-18-21(15-17)27-13-6-14-28-20-10-5-4-9-19(20)26-24(28)23(27)22(18)16-7-2-1-3-8-16/h4-5,9-12,15-16H,1-3,6-8,13-14H2,(H,29,30). The minimum atomic E-state index is -0.868. The van der Waals surface area contributed by atoms with Gasteiger partial charge in [-0.15, -0.1) is 0 Å². The minimum absolute atomic E-state index is 0.357. The highest BCUT2D eigenvalue weighted by Crippen LogP contribution is 2.45. The average Bonchev–Trinajstić information content (AvgIpc) is 3.23. The molecule has 1 fully saturated rings. The molecule has 0 atom stereocenters. The number of imidazole rings is 1. The first-order valence-corrected chi connectivity index (χ1v) is 11.1. The molecule has 30 heavy (non-hydrogen) atoms. The maximum absolute atomic E-state index is 11.7. The van der Waals surface area contributed by atoms with Crippen molar-refractivity contribution in [2.75, 3.05) is 0 Å². The van der Waals surface area contributed by atoms with Crippen LogP contribution >= 0.6 is 0 Å². The highest BCUT2D eigenvalue weighted by molar-refractivity contribution is 5.98. The average molecular weight is 399 g/mol. The summed E-state index contributed by atoms with van der Waals surface area (Å²) < 4.78 is 4.73. The molecule has 4 aromatic rings. The van der Waals surface area contributed by atoms with Gasteiger partial charge in [-0.3, -0.25) is 0 Å². The molecule has 2 aliphatic rings. The fourth-order valence-electron chi connectivity index (χ4n) is 5.66. The number of hydrogen-bond acceptors (Lipinski definition) is 2. The summed E-state index contributed by atoms with van der Waals surface area (Å²) in [6.07, 6.45) is 7.25. The van der Waals surface area contributed by atoms with Crippen molar-refractivity contribution in [1.29, 1.82) is 0 Å². The summed E-state index contributed by atoms with van der Waals surface area (Å²) in [4.78, 5) is 16.8. The van der Waals surface area contributed by atoms with Crippen LogP contribution in [0.5, 0.6) is 0 Å². The number of carbonyl (C=O) groups is 1. The number of fused-ring (bicyclic) bond motifs is 7. The fourth-order valence-corrected chi connectivity index (χ4v) is 5.66. The Balaban J connectivity index is 1.70. The summed E-state index contributed by atoms with van der Waals surface area (Å²) in [7, 11) is 0. The number of aromatic carboxylic acids is 1. The van der Waals surface area contributed by atoms with Gasteiger partial charge >= 0.3 is 5.97 Å². The molecular formula is C25H25N3O2. The van der Waals surface area contributed by atoms with Crippen molar-refractivity contribution in [2.45, 2.75) is 57.5 Å². The Kier molecular flexibility index (Phi) is 3.98. The highest BCUT2D eigenvalue weighted by Gasteiger charge is 2.30. The predicted molar refractivity (Wildman–Crippen MR) is 118 cm³/mol. The molecule has 3 heterocycles. The van der Waals surface area contributed by atoms with Crippen molar-refractivity contribution in [3.8, 4) is 11.5 Å². The number of rotatable bonds is 2. The van der Waals surface area contributed by atoms with Gasteiger partial charge in [0.05, 0.1) is 22.3 Å². The smallest absolute Gasteiger partial charge is 0.335 e. The third-order valence-electron chi connectivity index (χ3n) is 6.99. The van der Waals surface area contributed by atoms with Crippen molar-refractivity contribution < 1.29 is 9.90 Å². The van der Waals surface area contributed by atoms with E-state index in [1.165, 1.54) is 54.3 Å². The van der Waals surface area contributed by atoms with Gasteiger partial charge in [-0.25, -0.2) is 9.78 Å². The van der Waals surface area contributed by atoms with Crippen LogP contribution in [0.15, 0.2) is 42.5 Å². The van der Waals surface area contributed by atoms with Crippen LogP contribution in [0, 0.1) is 0 Å².